The molecule has 1 aliphatic carbocycles. The van der Waals surface area contributed by atoms with Crippen molar-refractivity contribution in [2.75, 3.05) is 6.61 Å². The first-order chi connectivity index (χ1) is 9.72. The van der Waals surface area contributed by atoms with Crippen LogP contribution in [0.1, 0.15) is 36.2 Å². The highest BCUT2D eigenvalue weighted by molar-refractivity contribution is 5.79. The highest BCUT2D eigenvalue weighted by Gasteiger charge is 2.31. The molecule has 20 heavy (non-hydrogen) atoms. The monoisotopic (exact) mass is 270 g/mol. The first-order valence-corrected chi connectivity index (χ1v) is 6.59. The van der Waals surface area contributed by atoms with Crippen LogP contribution in [0.15, 0.2) is 42.2 Å². The largest absolute Gasteiger partial charge is 0.396 e. The Kier molecular flexibility index (Phi) is 3.32. The van der Waals surface area contributed by atoms with Gasteiger partial charge in [-0.1, -0.05) is 11.6 Å². The highest BCUT2D eigenvalue weighted by Crippen LogP contribution is 2.45. The van der Waals surface area contributed by atoms with Gasteiger partial charge in [-0.05, 0) is 48.2 Å². The summed E-state index contributed by atoms with van der Waals surface area (Å²) in [5.41, 5.74) is 3.97. The predicted molar refractivity (Wildman–Crippen MR) is 74.6 cm³/mol. The van der Waals surface area contributed by atoms with Crippen molar-refractivity contribution in [2.24, 2.45) is 0 Å². The van der Waals surface area contributed by atoms with Crippen LogP contribution in [0.25, 0.3) is 5.57 Å². The van der Waals surface area contributed by atoms with Gasteiger partial charge in [-0.25, -0.2) is 14.4 Å². The third kappa shape index (κ3) is 2.02. The maximum atomic E-state index is 13.5. The first-order valence-electron chi connectivity index (χ1n) is 6.59. The summed E-state index contributed by atoms with van der Waals surface area (Å²) in [4.78, 5) is 8.65. The van der Waals surface area contributed by atoms with Crippen molar-refractivity contribution < 1.29 is 9.50 Å². The Hall–Kier alpha value is -2.07. The van der Waals surface area contributed by atoms with Crippen molar-refractivity contribution >= 4 is 5.57 Å². The first kappa shape index (κ1) is 12.9. The topological polar surface area (TPSA) is 46.0 Å². The van der Waals surface area contributed by atoms with E-state index in [1.807, 2.05) is 6.92 Å². The fourth-order valence-electron chi connectivity index (χ4n) is 2.90. The Morgan fingerprint density at radius 2 is 2.00 bits per heavy atom. The van der Waals surface area contributed by atoms with Gasteiger partial charge in [0.15, 0.2) is 0 Å². The number of rotatable bonds is 3. The van der Waals surface area contributed by atoms with Gasteiger partial charge in [-0.15, -0.1) is 0 Å². The van der Waals surface area contributed by atoms with Gasteiger partial charge < -0.3 is 5.11 Å². The molecule has 1 aromatic heterocycles. The summed E-state index contributed by atoms with van der Waals surface area (Å²) in [6, 6.07) is 6.56. The van der Waals surface area contributed by atoms with Crippen LogP contribution in [-0.2, 0) is 0 Å². The number of fused-ring (bicyclic) bond motifs is 1. The zero-order valence-electron chi connectivity index (χ0n) is 11.2. The molecule has 0 spiro atoms. The molecule has 1 aliphatic rings. The fraction of sp³-hybridized carbons (Fsp3) is 0.250. The van der Waals surface area contributed by atoms with Crippen LogP contribution in [0, 0.1) is 5.82 Å². The van der Waals surface area contributed by atoms with Gasteiger partial charge >= 0.3 is 0 Å². The minimum atomic E-state index is -0.262. The number of aliphatic hydroxyl groups is 1. The third-order valence-electron chi connectivity index (χ3n) is 3.77. The van der Waals surface area contributed by atoms with E-state index in [-0.39, 0.29) is 18.3 Å². The average molecular weight is 270 g/mol. The maximum absolute atomic E-state index is 13.5. The molecule has 4 heteroatoms. The number of aromatic nitrogens is 2. The van der Waals surface area contributed by atoms with E-state index >= 15 is 0 Å². The molecule has 0 aliphatic heterocycles. The highest BCUT2D eigenvalue weighted by atomic mass is 19.1. The van der Waals surface area contributed by atoms with E-state index in [1.54, 1.807) is 24.5 Å². The molecule has 1 aromatic carbocycles. The normalized spacial score (nSPS) is 17.4. The summed E-state index contributed by atoms with van der Waals surface area (Å²) in [5, 5.41) is 9.24. The van der Waals surface area contributed by atoms with Crippen LogP contribution >= 0.6 is 0 Å². The van der Waals surface area contributed by atoms with Crippen LogP contribution in [0.3, 0.4) is 0 Å². The smallest absolute Gasteiger partial charge is 0.139 e. The van der Waals surface area contributed by atoms with E-state index in [0.29, 0.717) is 12.2 Å². The van der Waals surface area contributed by atoms with Crippen LogP contribution < -0.4 is 0 Å². The molecule has 1 atom stereocenters. The maximum Gasteiger partial charge on any atom is 0.139 e. The van der Waals surface area contributed by atoms with E-state index < -0.39 is 0 Å². The third-order valence-corrected chi connectivity index (χ3v) is 3.77. The molecule has 0 saturated heterocycles. The molecule has 1 N–H and O–H groups in total. The number of aliphatic hydroxyl groups excluding tert-OH is 1. The van der Waals surface area contributed by atoms with E-state index in [0.717, 1.165) is 22.3 Å². The van der Waals surface area contributed by atoms with Gasteiger partial charge in [-0.2, -0.15) is 0 Å². The number of hydrogen-bond acceptors (Lipinski definition) is 3. The Labute approximate surface area is 116 Å². The van der Waals surface area contributed by atoms with Gasteiger partial charge in [-0.3, -0.25) is 0 Å². The quantitative estimate of drug-likeness (QED) is 0.932. The van der Waals surface area contributed by atoms with E-state index in [4.69, 9.17) is 0 Å². The summed E-state index contributed by atoms with van der Waals surface area (Å²) in [6.45, 7) is 2.05. The molecule has 0 fully saturated rings. The molecular formula is C16H15FN2O. The standard InChI is InChI=1S/C16H15FN2O/c1-10-12(5-8-20)14-9-11(17)3-4-13(14)15(10)16-18-6-2-7-19-16/h2-4,6-7,9,15,20H,5,8H2,1H3. The van der Waals surface area contributed by atoms with Crippen molar-refractivity contribution in [1.29, 1.82) is 0 Å². The van der Waals surface area contributed by atoms with E-state index in [2.05, 4.69) is 9.97 Å². The number of benzene rings is 1. The average Bonchev–Trinajstić information content (AvgIpc) is 2.73. The van der Waals surface area contributed by atoms with Crippen molar-refractivity contribution in [3.63, 3.8) is 0 Å². The van der Waals surface area contributed by atoms with E-state index in [1.165, 1.54) is 12.1 Å². The molecule has 3 rings (SSSR count). The number of allylic oxidation sites excluding steroid dienone is 1. The van der Waals surface area contributed by atoms with Crippen LogP contribution in [-0.4, -0.2) is 21.7 Å². The van der Waals surface area contributed by atoms with Crippen molar-refractivity contribution in [2.45, 2.75) is 19.3 Å². The number of nitrogens with zero attached hydrogens (tertiary/aromatic N) is 2. The summed E-state index contributed by atoms with van der Waals surface area (Å²) in [5.74, 6) is 0.403. The molecule has 0 radical (unpaired) electrons. The van der Waals surface area contributed by atoms with Gasteiger partial charge in [0.25, 0.3) is 0 Å². The van der Waals surface area contributed by atoms with Gasteiger partial charge in [0.2, 0.25) is 0 Å². The second-order valence-electron chi connectivity index (χ2n) is 4.91. The van der Waals surface area contributed by atoms with Gasteiger partial charge in [0.1, 0.15) is 11.6 Å². The lowest BCUT2D eigenvalue weighted by Gasteiger charge is -2.12. The van der Waals surface area contributed by atoms with Crippen LogP contribution in [0.4, 0.5) is 4.39 Å². The minimum absolute atomic E-state index is 0.0466. The van der Waals surface area contributed by atoms with Crippen LogP contribution in [0.2, 0.25) is 0 Å². The molecule has 102 valence electrons. The van der Waals surface area contributed by atoms with Gasteiger partial charge in [0.05, 0.1) is 5.92 Å². The summed E-state index contributed by atoms with van der Waals surface area (Å²) < 4.78 is 13.5. The lowest BCUT2D eigenvalue weighted by atomic mass is 9.95. The fourth-order valence-corrected chi connectivity index (χ4v) is 2.90. The SMILES string of the molecule is CC1=C(CCO)c2cc(F)ccc2C1c1ncccn1. The lowest BCUT2D eigenvalue weighted by Crippen LogP contribution is -2.04. The van der Waals surface area contributed by atoms with Crippen molar-refractivity contribution in [1.82, 2.24) is 9.97 Å². The number of halogens is 1. The predicted octanol–water partition coefficient (Wildman–Crippen LogP) is 2.92. The minimum Gasteiger partial charge on any atom is -0.396 e. The van der Waals surface area contributed by atoms with Crippen molar-refractivity contribution in [3.05, 3.63) is 65.0 Å². The van der Waals surface area contributed by atoms with E-state index in [9.17, 15) is 9.50 Å². The Morgan fingerprint density at radius 1 is 1.25 bits per heavy atom. The summed E-state index contributed by atoms with van der Waals surface area (Å²) in [6.07, 6.45) is 3.94. The number of hydrogen-bond donors (Lipinski definition) is 1. The molecule has 2 aromatic rings. The molecule has 0 bridgehead atoms. The summed E-state index contributed by atoms with van der Waals surface area (Å²) in [7, 11) is 0. The second kappa shape index (κ2) is 5.13. The zero-order chi connectivity index (χ0) is 14.1. The molecule has 1 unspecified atom stereocenters. The Bertz CT molecular complexity index is 667. The zero-order valence-corrected chi connectivity index (χ0v) is 11.2. The Morgan fingerprint density at radius 3 is 2.70 bits per heavy atom. The molecular weight excluding hydrogens is 255 g/mol. The molecule has 0 saturated carbocycles. The lowest BCUT2D eigenvalue weighted by molar-refractivity contribution is 0.305. The molecule has 3 nitrogen and oxygen atoms in total. The molecule has 0 amide bonds. The van der Waals surface area contributed by atoms with Gasteiger partial charge in [0, 0.05) is 19.0 Å². The van der Waals surface area contributed by atoms with Crippen LogP contribution in [0.5, 0.6) is 0 Å². The Balaban J connectivity index is 2.17. The summed E-state index contributed by atoms with van der Waals surface area (Å²) >= 11 is 0. The molecule has 1 heterocycles. The van der Waals surface area contributed by atoms with Crippen molar-refractivity contribution in [3.8, 4) is 0 Å². The second-order valence-corrected chi connectivity index (χ2v) is 4.91.